The van der Waals surface area contributed by atoms with Gasteiger partial charge in [0.2, 0.25) is 0 Å². The van der Waals surface area contributed by atoms with Crippen molar-refractivity contribution < 1.29 is 9.47 Å². The molecule has 0 aliphatic rings. The first kappa shape index (κ1) is 17.6. The van der Waals surface area contributed by atoms with Gasteiger partial charge in [0, 0.05) is 63.3 Å². The average molecular weight is 300 g/mol. The number of hydrogen-bond donors (Lipinski definition) is 1. The lowest BCUT2D eigenvalue weighted by molar-refractivity contribution is 0.133. The molecule has 1 rings (SSSR count). The normalized spacial score (nSPS) is 11.4. The summed E-state index contributed by atoms with van der Waals surface area (Å²) in [5.74, 6) is 0. The maximum absolute atomic E-state index is 5.17. The Morgan fingerprint density at radius 2 is 1.90 bits per heavy atom. The first-order valence-corrected chi connectivity index (χ1v) is 8.04. The molecular weight excluding hydrogens is 272 g/mol. The van der Waals surface area contributed by atoms with Gasteiger partial charge < -0.3 is 14.8 Å². The summed E-state index contributed by atoms with van der Waals surface area (Å²) in [6, 6.07) is 4.38. The minimum absolute atomic E-state index is 0.789. The summed E-state index contributed by atoms with van der Waals surface area (Å²) in [6.45, 7) is 8.84. The Hall–Kier alpha value is -0.460. The van der Waals surface area contributed by atoms with Crippen LogP contribution in [0, 0.1) is 6.92 Å². The molecule has 116 valence electrons. The van der Waals surface area contributed by atoms with Crippen molar-refractivity contribution in [1.29, 1.82) is 0 Å². The van der Waals surface area contributed by atoms with Crippen molar-refractivity contribution in [3.8, 4) is 0 Å². The van der Waals surface area contributed by atoms with Gasteiger partial charge in [0.25, 0.3) is 0 Å². The first-order valence-electron chi connectivity index (χ1n) is 7.22. The van der Waals surface area contributed by atoms with E-state index in [1.807, 2.05) is 11.3 Å². The van der Waals surface area contributed by atoms with Crippen LogP contribution in [-0.4, -0.2) is 58.5 Å². The molecule has 0 bridgehead atoms. The lowest BCUT2D eigenvalue weighted by Crippen LogP contribution is -2.35. The molecule has 0 aromatic carbocycles. The van der Waals surface area contributed by atoms with Gasteiger partial charge in [-0.05, 0) is 25.5 Å². The first-order chi connectivity index (χ1) is 9.76. The molecule has 1 N–H and O–H groups in total. The van der Waals surface area contributed by atoms with Crippen molar-refractivity contribution in [1.82, 2.24) is 10.2 Å². The second-order valence-corrected chi connectivity index (χ2v) is 6.24. The van der Waals surface area contributed by atoms with E-state index in [9.17, 15) is 0 Å². The van der Waals surface area contributed by atoms with E-state index >= 15 is 0 Å². The largest absolute Gasteiger partial charge is 0.385 e. The van der Waals surface area contributed by atoms with E-state index in [0.29, 0.717) is 0 Å². The van der Waals surface area contributed by atoms with Gasteiger partial charge in [-0.25, -0.2) is 0 Å². The van der Waals surface area contributed by atoms with Crippen LogP contribution in [0.3, 0.4) is 0 Å². The molecule has 0 unspecified atom stereocenters. The highest BCUT2D eigenvalue weighted by Gasteiger charge is 2.04. The highest BCUT2D eigenvalue weighted by molar-refractivity contribution is 7.11. The number of methoxy groups -OCH3 is 2. The van der Waals surface area contributed by atoms with Crippen LogP contribution in [0.25, 0.3) is 0 Å². The molecule has 1 aromatic heterocycles. The van der Waals surface area contributed by atoms with Gasteiger partial charge in [0.05, 0.1) is 6.61 Å². The van der Waals surface area contributed by atoms with Crippen LogP contribution in [0.1, 0.15) is 16.2 Å². The third kappa shape index (κ3) is 7.97. The number of ether oxygens (including phenoxy) is 2. The highest BCUT2D eigenvalue weighted by Crippen LogP contribution is 2.14. The molecule has 0 radical (unpaired) electrons. The zero-order chi connectivity index (χ0) is 14.6. The summed E-state index contributed by atoms with van der Waals surface area (Å²) >= 11 is 1.86. The van der Waals surface area contributed by atoms with Gasteiger partial charge in [0.15, 0.2) is 0 Å². The molecule has 0 aliphatic carbocycles. The van der Waals surface area contributed by atoms with Crippen LogP contribution in [0.15, 0.2) is 12.1 Å². The van der Waals surface area contributed by atoms with Crippen LogP contribution < -0.4 is 5.32 Å². The number of rotatable bonds is 12. The standard InChI is InChI=1S/C15H28N2O2S/c1-14-5-6-15(20-14)13-16-7-9-17(10-12-19-3)8-4-11-18-2/h5-6,16H,4,7-13H2,1-3H3. The quantitative estimate of drug-likeness (QED) is 0.600. The molecule has 0 amide bonds. The molecule has 4 nitrogen and oxygen atoms in total. The van der Waals surface area contributed by atoms with Crippen molar-refractivity contribution in [2.45, 2.75) is 19.9 Å². The predicted molar refractivity (Wildman–Crippen MR) is 85.6 cm³/mol. The van der Waals surface area contributed by atoms with E-state index in [2.05, 4.69) is 29.3 Å². The zero-order valence-electron chi connectivity index (χ0n) is 13.0. The fourth-order valence-corrected chi connectivity index (χ4v) is 2.88. The Morgan fingerprint density at radius 3 is 2.55 bits per heavy atom. The summed E-state index contributed by atoms with van der Waals surface area (Å²) in [7, 11) is 3.51. The lowest BCUT2D eigenvalue weighted by Gasteiger charge is -2.21. The van der Waals surface area contributed by atoms with Gasteiger partial charge in [0.1, 0.15) is 0 Å². The number of aryl methyl sites for hydroxylation is 1. The SMILES string of the molecule is COCCCN(CCNCc1ccc(C)s1)CCOC. The molecular formula is C15H28N2O2S. The second-order valence-electron chi connectivity index (χ2n) is 4.87. The summed E-state index contributed by atoms with van der Waals surface area (Å²) in [6.07, 6.45) is 1.07. The third-order valence-corrected chi connectivity index (χ3v) is 4.14. The Bertz CT molecular complexity index is 344. The third-order valence-electron chi connectivity index (χ3n) is 3.13. The van der Waals surface area contributed by atoms with E-state index in [1.165, 1.54) is 9.75 Å². The van der Waals surface area contributed by atoms with Crippen LogP contribution in [0.4, 0.5) is 0 Å². The Morgan fingerprint density at radius 1 is 1.10 bits per heavy atom. The van der Waals surface area contributed by atoms with E-state index in [-0.39, 0.29) is 0 Å². The number of hydrogen-bond acceptors (Lipinski definition) is 5. The molecule has 5 heteroatoms. The van der Waals surface area contributed by atoms with Gasteiger partial charge in [-0.3, -0.25) is 4.90 Å². The number of nitrogens with zero attached hydrogens (tertiary/aromatic N) is 1. The summed E-state index contributed by atoms with van der Waals surface area (Å²) in [5, 5.41) is 3.51. The van der Waals surface area contributed by atoms with Gasteiger partial charge in [-0.2, -0.15) is 0 Å². The Balaban J connectivity index is 2.15. The van der Waals surface area contributed by atoms with Crippen molar-refractivity contribution >= 4 is 11.3 Å². The fourth-order valence-electron chi connectivity index (χ4n) is 2.02. The summed E-state index contributed by atoms with van der Waals surface area (Å²) in [5.41, 5.74) is 0. The Labute approximate surface area is 127 Å². The predicted octanol–water partition coefficient (Wildman–Crippen LogP) is 2.13. The van der Waals surface area contributed by atoms with Crippen molar-refractivity contribution in [2.24, 2.45) is 0 Å². The molecule has 0 saturated carbocycles. The van der Waals surface area contributed by atoms with E-state index < -0.39 is 0 Å². The molecule has 1 aromatic rings. The van der Waals surface area contributed by atoms with Crippen LogP contribution >= 0.6 is 11.3 Å². The van der Waals surface area contributed by atoms with Gasteiger partial charge >= 0.3 is 0 Å². The molecule has 0 saturated heterocycles. The van der Waals surface area contributed by atoms with E-state index in [0.717, 1.165) is 52.4 Å². The van der Waals surface area contributed by atoms with Gasteiger partial charge in [-0.1, -0.05) is 0 Å². The van der Waals surface area contributed by atoms with Crippen molar-refractivity contribution in [2.75, 3.05) is 53.6 Å². The number of thiophene rings is 1. The van der Waals surface area contributed by atoms with Gasteiger partial charge in [-0.15, -0.1) is 11.3 Å². The summed E-state index contributed by atoms with van der Waals surface area (Å²) in [4.78, 5) is 5.21. The maximum Gasteiger partial charge on any atom is 0.0589 e. The fraction of sp³-hybridized carbons (Fsp3) is 0.733. The zero-order valence-corrected chi connectivity index (χ0v) is 13.8. The molecule has 20 heavy (non-hydrogen) atoms. The van der Waals surface area contributed by atoms with Crippen molar-refractivity contribution in [3.05, 3.63) is 21.9 Å². The molecule has 0 aliphatic heterocycles. The smallest absolute Gasteiger partial charge is 0.0589 e. The van der Waals surface area contributed by atoms with Crippen LogP contribution in [0.2, 0.25) is 0 Å². The second kappa shape index (κ2) is 11.2. The highest BCUT2D eigenvalue weighted by atomic mass is 32.1. The Kier molecular flexibility index (Phi) is 9.87. The molecule has 0 spiro atoms. The number of nitrogens with one attached hydrogen (secondary N) is 1. The average Bonchev–Trinajstić information content (AvgIpc) is 2.86. The maximum atomic E-state index is 5.17. The molecule has 0 atom stereocenters. The van der Waals surface area contributed by atoms with Crippen LogP contribution in [0.5, 0.6) is 0 Å². The minimum atomic E-state index is 0.789. The topological polar surface area (TPSA) is 33.7 Å². The monoisotopic (exact) mass is 300 g/mol. The molecule has 0 fully saturated rings. The van der Waals surface area contributed by atoms with E-state index in [4.69, 9.17) is 9.47 Å². The van der Waals surface area contributed by atoms with Crippen LogP contribution in [-0.2, 0) is 16.0 Å². The van der Waals surface area contributed by atoms with Crippen molar-refractivity contribution in [3.63, 3.8) is 0 Å². The summed E-state index contributed by atoms with van der Waals surface area (Å²) < 4.78 is 10.3. The molecule has 1 heterocycles. The minimum Gasteiger partial charge on any atom is -0.385 e. The lowest BCUT2D eigenvalue weighted by atomic mass is 10.3. The van der Waals surface area contributed by atoms with E-state index in [1.54, 1.807) is 14.2 Å².